The van der Waals surface area contributed by atoms with E-state index in [0.29, 0.717) is 11.9 Å². The minimum Gasteiger partial charge on any atom is -0.340 e. The molecule has 0 bridgehead atoms. The summed E-state index contributed by atoms with van der Waals surface area (Å²) >= 11 is 0. The SMILES string of the molecule is CC(C)N1CCN(C(=O)C2CCN(C)C2)CC1. The number of hydrogen-bond donors (Lipinski definition) is 0. The van der Waals surface area contributed by atoms with E-state index >= 15 is 0 Å². The molecule has 0 radical (unpaired) electrons. The van der Waals surface area contributed by atoms with Crippen LogP contribution >= 0.6 is 0 Å². The fraction of sp³-hybridized carbons (Fsp3) is 0.923. The number of likely N-dealkylation sites (tertiary alicyclic amines) is 1. The first-order valence-corrected chi connectivity index (χ1v) is 6.79. The van der Waals surface area contributed by atoms with Crippen molar-refractivity contribution in [2.45, 2.75) is 26.3 Å². The van der Waals surface area contributed by atoms with Crippen molar-refractivity contribution in [2.75, 3.05) is 46.3 Å². The number of carbonyl (C=O) groups excluding carboxylic acids is 1. The summed E-state index contributed by atoms with van der Waals surface area (Å²) in [6.07, 6.45) is 1.04. The van der Waals surface area contributed by atoms with Crippen LogP contribution in [0.4, 0.5) is 0 Å². The summed E-state index contributed by atoms with van der Waals surface area (Å²) in [5.41, 5.74) is 0. The summed E-state index contributed by atoms with van der Waals surface area (Å²) in [4.78, 5) is 19.1. The lowest BCUT2D eigenvalue weighted by Gasteiger charge is -2.37. The van der Waals surface area contributed by atoms with E-state index in [9.17, 15) is 4.79 Å². The van der Waals surface area contributed by atoms with Gasteiger partial charge in [-0.2, -0.15) is 0 Å². The molecule has 0 saturated carbocycles. The van der Waals surface area contributed by atoms with Crippen LogP contribution in [0.25, 0.3) is 0 Å². The van der Waals surface area contributed by atoms with Crippen molar-refractivity contribution in [3.63, 3.8) is 0 Å². The van der Waals surface area contributed by atoms with Crippen LogP contribution in [-0.4, -0.2) is 73.0 Å². The molecule has 2 saturated heterocycles. The Kier molecular flexibility index (Phi) is 4.05. The van der Waals surface area contributed by atoms with Gasteiger partial charge >= 0.3 is 0 Å². The van der Waals surface area contributed by atoms with Gasteiger partial charge in [0.25, 0.3) is 0 Å². The summed E-state index contributed by atoms with van der Waals surface area (Å²) in [6, 6.07) is 0.602. The maximum absolute atomic E-state index is 12.3. The van der Waals surface area contributed by atoms with Gasteiger partial charge in [0.15, 0.2) is 0 Å². The van der Waals surface area contributed by atoms with Crippen molar-refractivity contribution in [3.05, 3.63) is 0 Å². The molecule has 2 heterocycles. The van der Waals surface area contributed by atoms with Crippen molar-refractivity contribution in [1.29, 1.82) is 0 Å². The number of piperazine rings is 1. The molecule has 2 fully saturated rings. The average molecular weight is 239 g/mol. The van der Waals surface area contributed by atoms with Gasteiger partial charge in [0.05, 0.1) is 5.92 Å². The Morgan fingerprint density at radius 2 is 1.76 bits per heavy atom. The van der Waals surface area contributed by atoms with Gasteiger partial charge in [-0.3, -0.25) is 9.69 Å². The van der Waals surface area contributed by atoms with Crippen molar-refractivity contribution >= 4 is 5.91 Å². The van der Waals surface area contributed by atoms with E-state index in [2.05, 4.69) is 35.6 Å². The molecule has 98 valence electrons. The molecule has 0 aromatic heterocycles. The van der Waals surface area contributed by atoms with Crippen molar-refractivity contribution in [2.24, 2.45) is 5.92 Å². The van der Waals surface area contributed by atoms with Crippen molar-refractivity contribution in [1.82, 2.24) is 14.7 Å². The molecule has 0 aliphatic carbocycles. The Morgan fingerprint density at radius 3 is 2.24 bits per heavy atom. The predicted molar refractivity (Wildman–Crippen MR) is 68.9 cm³/mol. The zero-order valence-corrected chi connectivity index (χ0v) is 11.4. The fourth-order valence-corrected chi connectivity index (χ4v) is 2.85. The van der Waals surface area contributed by atoms with E-state index in [0.717, 1.165) is 45.7 Å². The van der Waals surface area contributed by atoms with Gasteiger partial charge in [0.2, 0.25) is 5.91 Å². The molecule has 2 rings (SSSR count). The first kappa shape index (κ1) is 12.8. The highest BCUT2D eigenvalue weighted by molar-refractivity contribution is 5.79. The number of carbonyl (C=O) groups is 1. The average Bonchev–Trinajstić information content (AvgIpc) is 2.75. The standard InChI is InChI=1S/C13H25N3O/c1-11(2)15-6-8-16(9-7-15)13(17)12-4-5-14(3)10-12/h11-12H,4-10H2,1-3H3. The Hall–Kier alpha value is -0.610. The molecule has 0 spiro atoms. The fourth-order valence-electron chi connectivity index (χ4n) is 2.85. The number of nitrogens with zero attached hydrogens (tertiary/aromatic N) is 3. The third kappa shape index (κ3) is 2.99. The number of amides is 1. The van der Waals surface area contributed by atoms with Gasteiger partial charge in [0, 0.05) is 38.8 Å². The lowest BCUT2D eigenvalue weighted by Crippen LogP contribution is -2.52. The normalized spacial score (nSPS) is 28.0. The molecule has 1 amide bonds. The Morgan fingerprint density at radius 1 is 1.12 bits per heavy atom. The zero-order chi connectivity index (χ0) is 12.4. The van der Waals surface area contributed by atoms with Crippen LogP contribution in [-0.2, 0) is 4.79 Å². The maximum atomic E-state index is 12.3. The molecular formula is C13H25N3O. The Labute approximate surface area is 105 Å². The topological polar surface area (TPSA) is 26.8 Å². The Balaban J connectivity index is 1.82. The molecule has 4 nitrogen and oxygen atoms in total. The lowest BCUT2D eigenvalue weighted by molar-refractivity contribution is -0.137. The van der Waals surface area contributed by atoms with Crippen LogP contribution in [0, 0.1) is 5.92 Å². The predicted octanol–water partition coefficient (Wildman–Crippen LogP) is 0.491. The molecular weight excluding hydrogens is 214 g/mol. The van der Waals surface area contributed by atoms with E-state index in [1.165, 1.54) is 0 Å². The van der Waals surface area contributed by atoms with Gasteiger partial charge < -0.3 is 9.80 Å². The van der Waals surface area contributed by atoms with Crippen molar-refractivity contribution < 1.29 is 4.79 Å². The Bertz CT molecular complexity index is 272. The summed E-state index contributed by atoms with van der Waals surface area (Å²) in [5.74, 6) is 0.642. The molecule has 0 aromatic carbocycles. The van der Waals surface area contributed by atoms with Crippen LogP contribution in [0.3, 0.4) is 0 Å². The zero-order valence-electron chi connectivity index (χ0n) is 11.4. The molecule has 0 aromatic rings. The van der Waals surface area contributed by atoms with E-state index in [4.69, 9.17) is 0 Å². The molecule has 17 heavy (non-hydrogen) atoms. The molecule has 2 aliphatic rings. The second-order valence-corrected chi connectivity index (χ2v) is 5.70. The minimum absolute atomic E-state index is 0.255. The van der Waals surface area contributed by atoms with E-state index < -0.39 is 0 Å². The number of hydrogen-bond acceptors (Lipinski definition) is 3. The summed E-state index contributed by atoms with van der Waals surface area (Å²) in [6.45, 7) is 10.4. The van der Waals surface area contributed by atoms with Gasteiger partial charge in [-0.25, -0.2) is 0 Å². The molecule has 4 heteroatoms. The van der Waals surface area contributed by atoms with Crippen molar-refractivity contribution in [3.8, 4) is 0 Å². The van der Waals surface area contributed by atoms with Gasteiger partial charge in [-0.15, -0.1) is 0 Å². The van der Waals surface area contributed by atoms with Crippen LogP contribution in [0.5, 0.6) is 0 Å². The molecule has 1 unspecified atom stereocenters. The minimum atomic E-state index is 0.255. The summed E-state index contributed by atoms with van der Waals surface area (Å²) in [7, 11) is 2.10. The first-order valence-electron chi connectivity index (χ1n) is 6.79. The van der Waals surface area contributed by atoms with Crippen LogP contribution in [0.15, 0.2) is 0 Å². The first-order chi connectivity index (χ1) is 8.08. The second kappa shape index (κ2) is 5.36. The smallest absolute Gasteiger partial charge is 0.227 e. The monoisotopic (exact) mass is 239 g/mol. The highest BCUT2D eigenvalue weighted by atomic mass is 16.2. The third-order valence-corrected chi connectivity index (χ3v) is 4.10. The second-order valence-electron chi connectivity index (χ2n) is 5.70. The summed E-state index contributed by atoms with van der Waals surface area (Å²) < 4.78 is 0. The molecule has 2 aliphatic heterocycles. The quantitative estimate of drug-likeness (QED) is 0.702. The molecule has 0 N–H and O–H groups in total. The third-order valence-electron chi connectivity index (χ3n) is 4.10. The number of rotatable bonds is 2. The largest absolute Gasteiger partial charge is 0.340 e. The van der Waals surface area contributed by atoms with Gasteiger partial charge in [-0.05, 0) is 33.9 Å². The van der Waals surface area contributed by atoms with E-state index in [1.807, 2.05) is 0 Å². The lowest BCUT2D eigenvalue weighted by atomic mass is 10.1. The maximum Gasteiger partial charge on any atom is 0.227 e. The molecule has 1 atom stereocenters. The summed E-state index contributed by atoms with van der Waals surface area (Å²) in [5, 5.41) is 0. The van der Waals surface area contributed by atoms with Gasteiger partial charge in [0.1, 0.15) is 0 Å². The highest BCUT2D eigenvalue weighted by Crippen LogP contribution is 2.18. The highest BCUT2D eigenvalue weighted by Gasteiger charge is 2.31. The van der Waals surface area contributed by atoms with Gasteiger partial charge in [-0.1, -0.05) is 0 Å². The van der Waals surface area contributed by atoms with E-state index in [1.54, 1.807) is 0 Å². The van der Waals surface area contributed by atoms with E-state index in [-0.39, 0.29) is 5.92 Å². The van der Waals surface area contributed by atoms with Crippen LogP contribution < -0.4 is 0 Å². The van der Waals surface area contributed by atoms with Crippen LogP contribution in [0.1, 0.15) is 20.3 Å². The van der Waals surface area contributed by atoms with Crippen LogP contribution in [0.2, 0.25) is 0 Å².